The minimum Gasteiger partial charge on any atom is -0.462 e. The van der Waals surface area contributed by atoms with Gasteiger partial charge in [-0.05, 0) is 54.4 Å². The Balaban J connectivity index is 2.59. The van der Waals surface area contributed by atoms with Crippen LogP contribution in [0.3, 0.4) is 0 Å². The van der Waals surface area contributed by atoms with E-state index < -0.39 is 16.4 Å². The van der Waals surface area contributed by atoms with Crippen molar-refractivity contribution in [1.29, 1.82) is 0 Å². The molecular formula is C16H28O5. The molecule has 0 bridgehead atoms. The van der Waals surface area contributed by atoms with Crippen LogP contribution in [-0.4, -0.2) is 37.4 Å². The molecule has 21 heavy (non-hydrogen) atoms. The molecule has 0 saturated carbocycles. The Kier molecular flexibility index (Phi) is 5.42. The van der Waals surface area contributed by atoms with Gasteiger partial charge in [0.1, 0.15) is 18.8 Å². The highest BCUT2D eigenvalue weighted by atomic mass is 16.6. The van der Waals surface area contributed by atoms with Crippen molar-refractivity contribution in [3.05, 3.63) is 0 Å². The molecule has 1 aliphatic heterocycles. The molecule has 1 fully saturated rings. The maximum Gasteiger partial charge on any atom is 0.311 e. The smallest absolute Gasteiger partial charge is 0.311 e. The maximum absolute atomic E-state index is 11.9. The Morgan fingerprint density at radius 2 is 1.38 bits per heavy atom. The topological polar surface area (TPSA) is 61.8 Å². The molecule has 5 nitrogen and oxygen atoms in total. The number of esters is 2. The van der Waals surface area contributed by atoms with Crippen LogP contribution >= 0.6 is 0 Å². The highest BCUT2D eigenvalue weighted by Gasteiger charge is 2.40. The second-order valence-electron chi connectivity index (χ2n) is 7.79. The van der Waals surface area contributed by atoms with Gasteiger partial charge in [0, 0.05) is 6.61 Å². The van der Waals surface area contributed by atoms with Crippen molar-refractivity contribution < 1.29 is 23.8 Å². The summed E-state index contributed by atoms with van der Waals surface area (Å²) in [5.41, 5.74) is -1.80. The summed E-state index contributed by atoms with van der Waals surface area (Å²) in [4.78, 5) is 23.8. The standard InChI is InChI=1S/C16H28O5/c1-14(2,3)12(17)19-10-16(8-7-9-21-16)11-20-13(18)15(4,5)6/h7-11H2,1-6H3. The Bertz CT molecular complexity index is 348. The quantitative estimate of drug-likeness (QED) is 0.747. The van der Waals surface area contributed by atoms with Gasteiger partial charge in [-0.2, -0.15) is 0 Å². The van der Waals surface area contributed by atoms with Gasteiger partial charge in [0.25, 0.3) is 0 Å². The van der Waals surface area contributed by atoms with Crippen LogP contribution < -0.4 is 0 Å². The molecule has 1 heterocycles. The van der Waals surface area contributed by atoms with Crippen molar-refractivity contribution >= 4 is 11.9 Å². The minimum atomic E-state index is -0.693. The lowest BCUT2D eigenvalue weighted by atomic mass is 9.96. The molecule has 5 heteroatoms. The second kappa shape index (κ2) is 6.34. The number of hydrogen-bond acceptors (Lipinski definition) is 5. The molecule has 0 N–H and O–H groups in total. The average molecular weight is 300 g/mol. The van der Waals surface area contributed by atoms with Crippen LogP contribution in [-0.2, 0) is 23.8 Å². The third kappa shape index (κ3) is 5.30. The lowest BCUT2D eigenvalue weighted by molar-refractivity contribution is -0.173. The third-order valence-electron chi connectivity index (χ3n) is 3.34. The fourth-order valence-corrected chi connectivity index (χ4v) is 1.85. The largest absolute Gasteiger partial charge is 0.462 e. The van der Waals surface area contributed by atoms with Gasteiger partial charge < -0.3 is 14.2 Å². The molecule has 1 aliphatic rings. The van der Waals surface area contributed by atoms with E-state index in [1.54, 1.807) is 41.5 Å². The molecule has 1 saturated heterocycles. The van der Waals surface area contributed by atoms with Gasteiger partial charge >= 0.3 is 11.9 Å². The van der Waals surface area contributed by atoms with Gasteiger partial charge in [-0.3, -0.25) is 9.59 Å². The Morgan fingerprint density at radius 3 is 1.67 bits per heavy atom. The van der Waals surface area contributed by atoms with E-state index in [1.807, 2.05) is 0 Å². The van der Waals surface area contributed by atoms with Crippen LogP contribution in [0.1, 0.15) is 54.4 Å². The van der Waals surface area contributed by atoms with E-state index in [2.05, 4.69) is 0 Å². The zero-order chi connectivity index (χ0) is 16.3. The van der Waals surface area contributed by atoms with E-state index in [-0.39, 0.29) is 25.2 Å². The van der Waals surface area contributed by atoms with Crippen LogP contribution in [0.5, 0.6) is 0 Å². The van der Waals surface area contributed by atoms with Crippen molar-refractivity contribution in [2.24, 2.45) is 10.8 Å². The molecule has 0 aromatic heterocycles. The fourth-order valence-electron chi connectivity index (χ4n) is 1.85. The zero-order valence-corrected chi connectivity index (χ0v) is 14.1. The first-order chi connectivity index (χ1) is 9.46. The predicted molar refractivity (Wildman–Crippen MR) is 78.7 cm³/mol. The van der Waals surface area contributed by atoms with Gasteiger partial charge in [0.2, 0.25) is 0 Å². The Hall–Kier alpha value is -1.10. The first kappa shape index (κ1) is 18.0. The van der Waals surface area contributed by atoms with Gasteiger partial charge in [-0.1, -0.05) is 0 Å². The molecule has 0 unspecified atom stereocenters. The summed E-state index contributed by atoms with van der Waals surface area (Å²) in [6.07, 6.45) is 1.60. The van der Waals surface area contributed by atoms with Crippen molar-refractivity contribution in [2.45, 2.75) is 60.0 Å². The van der Waals surface area contributed by atoms with Crippen molar-refractivity contribution in [3.8, 4) is 0 Å². The van der Waals surface area contributed by atoms with E-state index >= 15 is 0 Å². The monoisotopic (exact) mass is 300 g/mol. The summed E-state index contributed by atoms with van der Waals surface area (Å²) < 4.78 is 16.4. The zero-order valence-electron chi connectivity index (χ0n) is 14.1. The van der Waals surface area contributed by atoms with Crippen molar-refractivity contribution in [3.63, 3.8) is 0 Å². The van der Waals surface area contributed by atoms with E-state index in [0.717, 1.165) is 12.8 Å². The van der Waals surface area contributed by atoms with Crippen molar-refractivity contribution in [2.75, 3.05) is 19.8 Å². The lowest BCUT2D eigenvalue weighted by Gasteiger charge is -2.30. The highest BCUT2D eigenvalue weighted by Crippen LogP contribution is 2.29. The SMILES string of the molecule is CC(C)(C)C(=O)OCC1(COC(=O)C(C)(C)C)CCCO1. The van der Waals surface area contributed by atoms with Gasteiger partial charge in [0.05, 0.1) is 10.8 Å². The number of rotatable bonds is 4. The molecule has 0 aromatic rings. The normalized spacial score (nSPS) is 18.4. The summed E-state index contributed by atoms with van der Waals surface area (Å²) in [5, 5.41) is 0. The minimum absolute atomic E-state index is 0.126. The second-order valence-corrected chi connectivity index (χ2v) is 7.79. The molecule has 0 aromatic carbocycles. The van der Waals surface area contributed by atoms with Crippen LogP contribution in [0.25, 0.3) is 0 Å². The number of carbonyl (C=O) groups excluding carboxylic acids is 2. The lowest BCUT2D eigenvalue weighted by Crippen LogP contribution is -2.43. The number of carbonyl (C=O) groups is 2. The summed E-state index contributed by atoms with van der Waals surface area (Å²) in [7, 11) is 0. The first-order valence-corrected chi connectivity index (χ1v) is 7.45. The third-order valence-corrected chi connectivity index (χ3v) is 3.34. The number of ether oxygens (including phenoxy) is 3. The van der Waals surface area contributed by atoms with Gasteiger partial charge in [-0.15, -0.1) is 0 Å². The Labute approximate surface area is 127 Å². The predicted octanol–water partition coefficient (Wildman–Crippen LogP) is 2.71. The summed E-state index contributed by atoms with van der Waals surface area (Å²) in [6, 6.07) is 0. The Morgan fingerprint density at radius 1 is 0.952 bits per heavy atom. The van der Waals surface area contributed by atoms with Gasteiger partial charge in [0.15, 0.2) is 0 Å². The maximum atomic E-state index is 11.9. The van der Waals surface area contributed by atoms with E-state index in [9.17, 15) is 9.59 Å². The summed E-state index contributed by atoms with van der Waals surface area (Å²) in [5.74, 6) is -0.556. The summed E-state index contributed by atoms with van der Waals surface area (Å²) in [6.45, 7) is 11.7. The fraction of sp³-hybridized carbons (Fsp3) is 0.875. The van der Waals surface area contributed by atoms with Crippen LogP contribution in [0.2, 0.25) is 0 Å². The van der Waals surface area contributed by atoms with Crippen LogP contribution in [0.15, 0.2) is 0 Å². The molecule has 0 aliphatic carbocycles. The average Bonchev–Trinajstić information content (AvgIpc) is 2.80. The van der Waals surface area contributed by atoms with E-state index in [4.69, 9.17) is 14.2 Å². The molecule has 0 spiro atoms. The number of hydrogen-bond donors (Lipinski definition) is 0. The molecular weight excluding hydrogens is 272 g/mol. The molecule has 0 radical (unpaired) electrons. The van der Waals surface area contributed by atoms with Crippen molar-refractivity contribution in [1.82, 2.24) is 0 Å². The van der Waals surface area contributed by atoms with E-state index in [0.29, 0.717) is 6.61 Å². The molecule has 0 atom stereocenters. The van der Waals surface area contributed by atoms with Crippen LogP contribution in [0, 0.1) is 10.8 Å². The van der Waals surface area contributed by atoms with E-state index in [1.165, 1.54) is 0 Å². The molecule has 1 rings (SSSR count). The molecule has 122 valence electrons. The first-order valence-electron chi connectivity index (χ1n) is 7.45. The van der Waals surface area contributed by atoms with Gasteiger partial charge in [-0.25, -0.2) is 0 Å². The highest BCUT2D eigenvalue weighted by molar-refractivity contribution is 5.76. The summed E-state index contributed by atoms with van der Waals surface area (Å²) >= 11 is 0. The van der Waals surface area contributed by atoms with Crippen LogP contribution in [0.4, 0.5) is 0 Å². The molecule has 0 amide bonds.